The molecule has 1 heterocycles. The highest BCUT2D eigenvalue weighted by atomic mass is 32.2. The van der Waals surface area contributed by atoms with Crippen LogP contribution in [0.5, 0.6) is 0 Å². The minimum Gasteiger partial charge on any atom is -0.340 e. The number of para-hydroxylation sites is 1. The van der Waals surface area contributed by atoms with E-state index in [-0.39, 0.29) is 0 Å². The quantitative estimate of drug-likeness (QED) is 0.684. The zero-order chi connectivity index (χ0) is 18.7. The van der Waals surface area contributed by atoms with Gasteiger partial charge in [-0.2, -0.15) is 0 Å². The third-order valence-corrected chi connectivity index (χ3v) is 6.07. The van der Waals surface area contributed by atoms with Crippen molar-refractivity contribution >= 4 is 27.2 Å². The predicted octanol–water partition coefficient (Wildman–Crippen LogP) is 4.50. The summed E-state index contributed by atoms with van der Waals surface area (Å²) in [7, 11) is -3.63. The van der Waals surface area contributed by atoms with E-state index < -0.39 is 10.0 Å². The number of hydrogen-bond donors (Lipinski definition) is 2. The fraction of sp³-hybridized carbons (Fsp3) is 0.190. The van der Waals surface area contributed by atoms with Crippen molar-refractivity contribution in [1.82, 2.24) is 4.98 Å². The number of rotatable bonds is 5. The second-order valence-electron chi connectivity index (χ2n) is 6.67. The van der Waals surface area contributed by atoms with E-state index in [0.717, 1.165) is 30.5 Å². The summed E-state index contributed by atoms with van der Waals surface area (Å²) in [5.74, 6) is 0.651. The number of benzene rings is 2. The molecule has 0 amide bonds. The Kier molecular flexibility index (Phi) is 4.81. The average Bonchev–Trinajstić information content (AvgIpc) is 2.70. The summed E-state index contributed by atoms with van der Waals surface area (Å²) in [5, 5.41) is 3.17. The third-order valence-electron chi connectivity index (χ3n) is 4.69. The first-order valence-electron chi connectivity index (χ1n) is 9.03. The molecular formula is C21H21N3O2S. The van der Waals surface area contributed by atoms with Crippen molar-refractivity contribution < 1.29 is 8.42 Å². The van der Waals surface area contributed by atoms with Crippen LogP contribution in [-0.4, -0.2) is 13.4 Å². The summed E-state index contributed by atoms with van der Waals surface area (Å²) < 4.78 is 28.0. The first-order chi connectivity index (χ1) is 13.1. The summed E-state index contributed by atoms with van der Waals surface area (Å²) in [6.07, 6.45) is 5.78. The number of hydrogen-bond acceptors (Lipinski definition) is 4. The van der Waals surface area contributed by atoms with Gasteiger partial charge in [0.25, 0.3) is 10.0 Å². The summed E-state index contributed by atoms with van der Waals surface area (Å²) >= 11 is 0. The molecule has 2 N–H and O–H groups in total. The Labute approximate surface area is 159 Å². The highest BCUT2D eigenvalue weighted by Crippen LogP contribution is 2.25. The van der Waals surface area contributed by atoms with E-state index in [9.17, 15) is 8.42 Å². The molecule has 3 aromatic rings. The van der Waals surface area contributed by atoms with E-state index in [4.69, 9.17) is 0 Å². The van der Waals surface area contributed by atoms with Crippen molar-refractivity contribution in [2.75, 3.05) is 10.0 Å². The van der Waals surface area contributed by atoms with Gasteiger partial charge in [-0.15, -0.1) is 0 Å². The monoisotopic (exact) mass is 379 g/mol. The molecule has 2 aromatic carbocycles. The second-order valence-corrected chi connectivity index (χ2v) is 8.35. The van der Waals surface area contributed by atoms with Gasteiger partial charge in [0.1, 0.15) is 5.82 Å². The van der Waals surface area contributed by atoms with Crippen molar-refractivity contribution in [3.63, 3.8) is 0 Å². The zero-order valence-electron chi connectivity index (χ0n) is 14.9. The van der Waals surface area contributed by atoms with Crippen LogP contribution in [-0.2, 0) is 22.9 Å². The van der Waals surface area contributed by atoms with E-state index in [2.05, 4.69) is 15.0 Å². The number of nitrogens with zero attached hydrogens (tertiary/aromatic N) is 1. The second kappa shape index (κ2) is 7.40. The van der Waals surface area contributed by atoms with Crippen LogP contribution in [0.1, 0.15) is 24.0 Å². The summed E-state index contributed by atoms with van der Waals surface area (Å²) in [6, 6.07) is 18.6. The SMILES string of the molecule is O=S(=O)(Nc1ccc(Nc2ccccc2)nc1)c1ccc2c(c1)CCCC2. The lowest BCUT2D eigenvalue weighted by molar-refractivity contribution is 0.600. The van der Waals surface area contributed by atoms with Crippen LogP contribution in [0.4, 0.5) is 17.2 Å². The summed E-state index contributed by atoms with van der Waals surface area (Å²) in [5.41, 5.74) is 3.77. The van der Waals surface area contributed by atoms with Crippen LogP contribution in [0, 0.1) is 0 Å². The Morgan fingerprint density at radius 3 is 2.33 bits per heavy atom. The minimum atomic E-state index is -3.63. The molecule has 0 atom stereocenters. The van der Waals surface area contributed by atoms with Crippen LogP contribution in [0.3, 0.4) is 0 Å². The normalized spacial score (nSPS) is 13.6. The largest absolute Gasteiger partial charge is 0.340 e. The molecule has 0 fully saturated rings. The fourth-order valence-corrected chi connectivity index (χ4v) is 4.38. The van der Waals surface area contributed by atoms with Crippen molar-refractivity contribution in [2.45, 2.75) is 30.6 Å². The van der Waals surface area contributed by atoms with Crippen molar-refractivity contribution in [3.05, 3.63) is 78.0 Å². The van der Waals surface area contributed by atoms with Gasteiger partial charge in [0.15, 0.2) is 0 Å². The van der Waals surface area contributed by atoms with Gasteiger partial charge in [-0.25, -0.2) is 13.4 Å². The number of fused-ring (bicyclic) bond motifs is 1. The standard InChI is InChI=1S/C21H21N3O2S/c25-27(26,20-12-10-16-6-4-5-7-17(16)14-20)24-19-11-13-21(22-15-19)23-18-8-2-1-3-9-18/h1-3,8-15,24H,4-7H2,(H,22,23). The van der Waals surface area contributed by atoms with Gasteiger partial charge in [0, 0.05) is 5.69 Å². The van der Waals surface area contributed by atoms with Crippen LogP contribution in [0.25, 0.3) is 0 Å². The lowest BCUT2D eigenvalue weighted by Crippen LogP contribution is -2.14. The molecule has 1 aromatic heterocycles. The topological polar surface area (TPSA) is 71.1 Å². The van der Waals surface area contributed by atoms with Gasteiger partial charge in [-0.05, 0) is 73.2 Å². The lowest BCUT2D eigenvalue weighted by Gasteiger charge is -2.17. The third kappa shape index (κ3) is 4.11. The number of aromatic nitrogens is 1. The van der Waals surface area contributed by atoms with Crippen LogP contribution in [0.2, 0.25) is 0 Å². The van der Waals surface area contributed by atoms with E-state index in [0.29, 0.717) is 16.4 Å². The van der Waals surface area contributed by atoms with Crippen LogP contribution < -0.4 is 10.0 Å². The first kappa shape index (κ1) is 17.5. The maximum Gasteiger partial charge on any atom is 0.261 e. The molecule has 1 aliphatic carbocycles. The Hall–Kier alpha value is -2.86. The van der Waals surface area contributed by atoms with E-state index in [1.54, 1.807) is 24.3 Å². The number of sulfonamides is 1. The van der Waals surface area contributed by atoms with Crippen molar-refractivity contribution in [3.8, 4) is 0 Å². The first-order valence-corrected chi connectivity index (χ1v) is 10.5. The molecule has 0 aliphatic heterocycles. The van der Waals surface area contributed by atoms with Crippen molar-refractivity contribution in [2.24, 2.45) is 0 Å². The van der Waals surface area contributed by atoms with Crippen molar-refractivity contribution in [1.29, 1.82) is 0 Å². The predicted molar refractivity (Wildman–Crippen MR) is 108 cm³/mol. The molecule has 0 unspecified atom stereocenters. The highest BCUT2D eigenvalue weighted by molar-refractivity contribution is 7.92. The molecule has 6 heteroatoms. The van der Waals surface area contributed by atoms with E-state index >= 15 is 0 Å². The van der Waals surface area contributed by atoms with Gasteiger partial charge in [-0.3, -0.25) is 4.72 Å². The number of anilines is 3. The molecule has 0 saturated heterocycles. The Bertz CT molecular complexity index is 1030. The maximum absolute atomic E-state index is 12.7. The molecule has 4 rings (SSSR count). The smallest absolute Gasteiger partial charge is 0.261 e. The molecule has 138 valence electrons. The number of nitrogens with one attached hydrogen (secondary N) is 2. The lowest BCUT2D eigenvalue weighted by atomic mass is 9.92. The average molecular weight is 379 g/mol. The van der Waals surface area contributed by atoms with E-state index in [1.807, 2.05) is 36.4 Å². The maximum atomic E-state index is 12.7. The molecule has 5 nitrogen and oxygen atoms in total. The number of aryl methyl sites for hydroxylation is 2. The fourth-order valence-electron chi connectivity index (χ4n) is 3.29. The molecule has 0 radical (unpaired) electrons. The van der Waals surface area contributed by atoms with Gasteiger partial charge in [0.05, 0.1) is 16.8 Å². The van der Waals surface area contributed by atoms with Crippen LogP contribution >= 0.6 is 0 Å². The van der Waals surface area contributed by atoms with E-state index in [1.165, 1.54) is 18.2 Å². The Balaban J connectivity index is 1.49. The molecule has 0 spiro atoms. The number of pyridine rings is 1. The molecule has 0 bridgehead atoms. The summed E-state index contributed by atoms with van der Waals surface area (Å²) in [6.45, 7) is 0. The van der Waals surface area contributed by atoms with Crippen LogP contribution in [0.15, 0.2) is 71.8 Å². The summed E-state index contributed by atoms with van der Waals surface area (Å²) in [4.78, 5) is 4.58. The molecular weight excluding hydrogens is 358 g/mol. The van der Waals surface area contributed by atoms with Gasteiger partial charge >= 0.3 is 0 Å². The minimum absolute atomic E-state index is 0.301. The van der Waals surface area contributed by atoms with Gasteiger partial charge < -0.3 is 5.32 Å². The Morgan fingerprint density at radius 2 is 1.59 bits per heavy atom. The van der Waals surface area contributed by atoms with Gasteiger partial charge in [0.2, 0.25) is 0 Å². The highest BCUT2D eigenvalue weighted by Gasteiger charge is 2.18. The molecule has 27 heavy (non-hydrogen) atoms. The zero-order valence-corrected chi connectivity index (χ0v) is 15.7. The Morgan fingerprint density at radius 1 is 0.815 bits per heavy atom. The molecule has 1 aliphatic rings. The molecule has 0 saturated carbocycles. The van der Waals surface area contributed by atoms with Gasteiger partial charge in [-0.1, -0.05) is 24.3 Å².